The fraction of sp³-hybridized carbons (Fsp3) is 0.375. The van der Waals surface area contributed by atoms with Gasteiger partial charge in [-0.2, -0.15) is 0 Å². The van der Waals surface area contributed by atoms with Gasteiger partial charge >= 0.3 is 0 Å². The predicted octanol–water partition coefficient (Wildman–Crippen LogP) is 1.48. The Balaban J connectivity index is 2.54. The van der Waals surface area contributed by atoms with Crippen LogP contribution in [0, 0.1) is 0 Å². The van der Waals surface area contributed by atoms with Crippen molar-refractivity contribution in [3.05, 3.63) is 21.3 Å². The maximum absolute atomic E-state index is 11.4. The van der Waals surface area contributed by atoms with E-state index in [2.05, 4.69) is 5.32 Å². The van der Waals surface area contributed by atoms with Gasteiger partial charge in [0, 0.05) is 12.6 Å². The van der Waals surface area contributed by atoms with Crippen molar-refractivity contribution in [1.82, 2.24) is 5.32 Å². The highest BCUT2D eigenvalue weighted by atomic mass is 35.5. The summed E-state index contributed by atoms with van der Waals surface area (Å²) in [5.41, 5.74) is 5.49. The molecule has 0 aliphatic rings. The lowest BCUT2D eigenvalue weighted by Gasteiger charge is -2.06. The minimum atomic E-state index is -0.155. The molecular formula is C8H11ClN2OS. The van der Waals surface area contributed by atoms with Gasteiger partial charge in [-0.1, -0.05) is 11.6 Å². The third-order valence-electron chi connectivity index (χ3n) is 1.41. The van der Waals surface area contributed by atoms with Crippen LogP contribution in [0.1, 0.15) is 16.6 Å². The molecule has 1 unspecified atom stereocenters. The zero-order valence-corrected chi connectivity index (χ0v) is 8.78. The quantitative estimate of drug-likeness (QED) is 0.808. The van der Waals surface area contributed by atoms with Crippen LogP contribution in [0.15, 0.2) is 11.4 Å². The molecule has 0 saturated carbocycles. The topological polar surface area (TPSA) is 55.1 Å². The molecule has 1 atom stereocenters. The fourth-order valence-electron chi connectivity index (χ4n) is 0.790. The molecule has 1 rings (SSSR count). The van der Waals surface area contributed by atoms with Crippen molar-refractivity contribution in [2.24, 2.45) is 5.73 Å². The summed E-state index contributed by atoms with van der Waals surface area (Å²) < 4.78 is 0. The lowest BCUT2D eigenvalue weighted by molar-refractivity contribution is 0.0956. The van der Waals surface area contributed by atoms with Crippen molar-refractivity contribution in [3.63, 3.8) is 0 Å². The molecule has 1 aromatic heterocycles. The number of nitrogens with one attached hydrogen (secondary N) is 1. The lowest BCUT2D eigenvalue weighted by Crippen LogP contribution is -2.34. The second-order valence-electron chi connectivity index (χ2n) is 2.78. The van der Waals surface area contributed by atoms with Crippen LogP contribution >= 0.6 is 22.9 Å². The largest absolute Gasteiger partial charge is 0.350 e. The lowest BCUT2D eigenvalue weighted by atomic mass is 10.3. The molecule has 0 aromatic carbocycles. The number of carbonyl (C=O) groups is 1. The summed E-state index contributed by atoms with van der Waals surface area (Å²) in [6, 6.07) is 1.66. The van der Waals surface area contributed by atoms with E-state index < -0.39 is 0 Å². The smallest absolute Gasteiger partial charge is 0.262 e. The van der Waals surface area contributed by atoms with Crippen LogP contribution in [0.4, 0.5) is 0 Å². The number of amides is 1. The normalized spacial score (nSPS) is 12.5. The van der Waals surface area contributed by atoms with E-state index in [1.807, 2.05) is 6.92 Å². The highest BCUT2D eigenvalue weighted by Crippen LogP contribution is 2.21. The van der Waals surface area contributed by atoms with Crippen LogP contribution in [0.2, 0.25) is 5.02 Å². The van der Waals surface area contributed by atoms with E-state index >= 15 is 0 Å². The molecule has 5 heteroatoms. The summed E-state index contributed by atoms with van der Waals surface area (Å²) in [6.45, 7) is 2.30. The molecule has 3 nitrogen and oxygen atoms in total. The second-order valence-corrected chi connectivity index (χ2v) is 4.11. The molecule has 0 radical (unpaired) electrons. The van der Waals surface area contributed by atoms with Crippen LogP contribution in [0.25, 0.3) is 0 Å². The van der Waals surface area contributed by atoms with Crippen LogP contribution < -0.4 is 11.1 Å². The van der Waals surface area contributed by atoms with Crippen LogP contribution in [-0.4, -0.2) is 18.5 Å². The van der Waals surface area contributed by atoms with E-state index in [4.69, 9.17) is 17.3 Å². The molecule has 13 heavy (non-hydrogen) atoms. The maximum atomic E-state index is 11.4. The molecule has 1 heterocycles. The average Bonchev–Trinajstić information content (AvgIpc) is 2.47. The number of thiophene rings is 1. The van der Waals surface area contributed by atoms with Crippen molar-refractivity contribution in [1.29, 1.82) is 0 Å². The molecule has 0 bridgehead atoms. The highest BCUT2D eigenvalue weighted by Gasteiger charge is 2.11. The van der Waals surface area contributed by atoms with Crippen molar-refractivity contribution >= 4 is 28.8 Å². The van der Waals surface area contributed by atoms with Gasteiger partial charge in [-0.15, -0.1) is 11.3 Å². The first-order valence-electron chi connectivity index (χ1n) is 3.88. The Kier molecular flexibility index (Phi) is 3.71. The van der Waals surface area contributed by atoms with Crippen molar-refractivity contribution in [2.75, 3.05) is 6.54 Å². The van der Waals surface area contributed by atoms with Crippen molar-refractivity contribution in [2.45, 2.75) is 13.0 Å². The Bertz CT molecular complexity index is 298. The third-order valence-corrected chi connectivity index (χ3v) is 2.75. The van der Waals surface area contributed by atoms with E-state index in [1.54, 1.807) is 11.4 Å². The first-order chi connectivity index (χ1) is 6.11. The molecule has 0 fully saturated rings. The highest BCUT2D eigenvalue weighted by molar-refractivity contribution is 7.12. The monoisotopic (exact) mass is 218 g/mol. The van der Waals surface area contributed by atoms with Gasteiger partial charge in [0.15, 0.2) is 0 Å². The van der Waals surface area contributed by atoms with E-state index in [0.29, 0.717) is 16.4 Å². The first-order valence-corrected chi connectivity index (χ1v) is 5.14. The van der Waals surface area contributed by atoms with Gasteiger partial charge in [0.05, 0.1) is 5.02 Å². The van der Waals surface area contributed by atoms with Gasteiger partial charge in [0.2, 0.25) is 0 Å². The summed E-state index contributed by atoms with van der Waals surface area (Å²) in [5.74, 6) is -0.155. The van der Waals surface area contributed by atoms with E-state index in [0.717, 1.165) is 0 Å². The van der Waals surface area contributed by atoms with E-state index in [-0.39, 0.29) is 11.9 Å². The molecule has 0 aliphatic carbocycles. The zero-order chi connectivity index (χ0) is 9.84. The molecular weight excluding hydrogens is 208 g/mol. The Labute approximate surface area is 85.9 Å². The van der Waals surface area contributed by atoms with Gasteiger partial charge in [-0.3, -0.25) is 4.79 Å². The van der Waals surface area contributed by atoms with Crippen LogP contribution in [-0.2, 0) is 0 Å². The molecule has 0 aliphatic heterocycles. The molecule has 3 N–H and O–H groups in total. The summed E-state index contributed by atoms with van der Waals surface area (Å²) in [7, 11) is 0. The zero-order valence-electron chi connectivity index (χ0n) is 7.21. The Morgan fingerprint density at radius 1 is 1.85 bits per heavy atom. The SMILES string of the molecule is CC(N)CNC(=O)c1sccc1Cl. The third kappa shape index (κ3) is 2.99. The van der Waals surface area contributed by atoms with Gasteiger partial charge < -0.3 is 11.1 Å². The first kappa shape index (κ1) is 10.5. The molecule has 0 saturated heterocycles. The molecule has 1 amide bonds. The van der Waals surface area contributed by atoms with Crippen LogP contribution in [0.3, 0.4) is 0 Å². The molecule has 0 spiro atoms. The van der Waals surface area contributed by atoms with Gasteiger partial charge in [-0.05, 0) is 18.4 Å². The average molecular weight is 219 g/mol. The predicted molar refractivity (Wildman–Crippen MR) is 55.3 cm³/mol. The minimum absolute atomic E-state index is 0.0392. The van der Waals surface area contributed by atoms with E-state index in [1.165, 1.54) is 11.3 Å². The fourth-order valence-corrected chi connectivity index (χ4v) is 1.85. The number of carbonyl (C=O) groups excluding carboxylic acids is 1. The Hall–Kier alpha value is -0.580. The minimum Gasteiger partial charge on any atom is -0.350 e. The maximum Gasteiger partial charge on any atom is 0.262 e. The number of hydrogen-bond donors (Lipinski definition) is 2. The standard InChI is InChI=1S/C8H11ClN2OS/c1-5(10)4-11-8(12)7-6(9)2-3-13-7/h2-3,5H,4,10H2,1H3,(H,11,12). The van der Waals surface area contributed by atoms with Crippen molar-refractivity contribution < 1.29 is 4.79 Å². The van der Waals surface area contributed by atoms with Gasteiger partial charge in [0.1, 0.15) is 4.88 Å². The van der Waals surface area contributed by atoms with Crippen LogP contribution in [0.5, 0.6) is 0 Å². The van der Waals surface area contributed by atoms with Gasteiger partial charge in [0.25, 0.3) is 5.91 Å². The molecule has 1 aromatic rings. The summed E-state index contributed by atoms with van der Waals surface area (Å²) in [5, 5.41) is 4.96. The van der Waals surface area contributed by atoms with Gasteiger partial charge in [-0.25, -0.2) is 0 Å². The number of rotatable bonds is 3. The number of nitrogens with two attached hydrogens (primary N) is 1. The number of halogens is 1. The summed E-state index contributed by atoms with van der Waals surface area (Å²) in [6.07, 6.45) is 0. The Morgan fingerprint density at radius 3 is 3.00 bits per heavy atom. The second kappa shape index (κ2) is 4.60. The number of hydrogen-bond acceptors (Lipinski definition) is 3. The summed E-state index contributed by atoms with van der Waals surface area (Å²) in [4.78, 5) is 11.9. The molecule has 72 valence electrons. The summed E-state index contributed by atoms with van der Waals surface area (Å²) >= 11 is 7.09. The van der Waals surface area contributed by atoms with E-state index in [9.17, 15) is 4.79 Å². The van der Waals surface area contributed by atoms with Crippen molar-refractivity contribution in [3.8, 4) is 0 Å². The Morgan fingerprint density at radius 2 is 2.54 bits per heavy atom.